The predicted molar refractivity (Wildman–Crippen MR) is 306 cm³/mol. The van der Waals surface area contributed by atoms with E-state index in [9.17, 15) is 19.8 Å². The fourth-order valence-electron chi connectivity index (χ4n) is 9.87. The van der Waals surface area contributed by atoms with Crippen molar-refractivity contribution in [1.29, 1.82) is 0 Å². The number of unbranched alkanes of at least 4 members (excludes halogenated alkanes) is 46. The summed E-state index contributed by atoms with van der Waals surface area (Å²) in [5.41, 5.74) is 0. The maximum absolute atomic E-state index is 12.5. The van der Waals surface area contributed by atoms with Crippen molar-refractivity contribution in [1.82, 2.24) is 5.32 Å². The number of amides is 1. The Bertz CT molecular complexity index is 1090. The minimum Gasteiger partial charge on any atom is -0.466 e. The first-order valence-electron chi connectivity index (χ1n) is 31.6. The molecule has 6 heteroatoms. The Kier molecular flexibility index (Phi) is 58.5. The second kappa shape index (κ2) is 59.9. The Morgan fingerprint density at radius 2 is 0.671 bits per heavy atom. The van der Waals surface area contributed by atoms with Gasteiger partial charge >= 0.3 is 5.97 Å². The van der Waals surface area contributed by atoms with Crippen LogP contribution in [0.3, 0.4) is 0 Å². The van der Waals surface area contributed by atoms with Gasteiger partial charge in [-0.05, 0) is 57.8 Å². The lowest BCUT2D eigenvalue weighted by Crippen LogP contribution is -2.45. The van der Waals surface area contributed by atoms with Crippen LogP contribution >= 0.6 is 0 Å². The quantitative estimate of drug-likeness (QED) is 0.0321. The monoisotopic (exact) mass is 986 g/mol. The molecule has 2 unspecified atom stereocenters. The molecule has 0 aromatic heterocycles. The molecule has 414 valence electrons. The molecule has 0 saturated heterocycles. The lowest BCUT2D eigenvalue weighted by Gasteiger charge is -2.20. The van der Waals surface area contributed by atoms with E-state index in [4.69, 9.17) is 4.74 Å². The predicted octanol–water partition coefficient (Wildman–Crippen LogP) is 19.8. The summed E-state index contributed by atoms with van der Waals surface area (Å²) in [5.74, 6) is -0.0570. The molecule has 1 amide bonds. The van der Waals surface area contributed by atoms with Crippen molar-refractivity contribution in [2.75, 3.05) is 13.2 Å². The second-order valence-electron chi connectivity index (χ2n) is 21.7. The highest BCUT2D eigenvalue weighted by Gasteiger charge is 2.18. The fourth-order valence-corrected chi connectivity index (χ4v) is 9.87. The first kappa shape index (κ1) is 68.3. The van der Waals surface area contributed by atoms with Crippen LogP contribution in [0.5, 0.6) is 0 Å². The number of carbonyl (C=O) groups is 2. The van der Waals surface area contributed by atoms with Gasteiger partial charge in [-0.2, -0.15) is 0 Å². The number of esters is 1. The van der Waals surface area contributed by atoms with Crippen molar-refractivity contribution in [3.63, 3.8) is 0 Å². The third kappa shape index (κ3) is 55.7. The smallest absolute Gasteiger partial charge is 0.305 e. The van der Waals surface area contributed by atoms with Crippen LogP contribution in [0.15, 0.2) is 24.3 Å². The van der Waals surface area contributed by atoms with Gasteiger partial charge in [-0.3, -0.25) is 9.59 Å². The van der Waals surface area contributed by atoms with Gasteiger partial charge in [0.25, 0.3) is 0 Å². The highest BCUT2D eigenvalue weighted by molar-refractivity contribution is 5.76. The van der Waals surface area contributed by atoms with E-state index in [1.807, 2.05) is 6.08 Å². The number of allylic oxidation sites excluding steroid dienone is 3. The van der Waals surface area contributed by atoms with Gasteiger partial charge in [0.05, 0.1) is 25.4 Å². The summed E-state index contributed by atoms with van der Waals surface area (Å²) >= 11 is 0. The van der Waals surface area contributed by atoms with Crippen LogP contribution in [0.1, 0.15) is 348 Å². The Labute approximate surface area is 437 Å². The molecular formula is C64H123NO5. The zero-order chi connectivity index (χ0) is 50.7. The first-order valence-corrected chi connectivity index (χ1v) is 31.6. The van der Waals surface area contributed by atoms with E-state index >= 15 is 0 Å². The highest BCUT2D eigenvalue weighted by atomic mass is 16.5. The summed E-state index contributed by atoms with van der Waals surface area (Å²) in [7, 11) is 0. The van der Waals surface area contributed by atoms with Gasteiger partial charge in [0, 0.05) is 12.8 Å². The van der Waals surface area contributed by atoms with E-state index in [1.54, 1.807) is 6.08 Å². The molecule has 0 aromatic rings. The number of hydrogen-bond acceptors (Lipinski definition) is 5. The molecule has 0 aliphatic heterocycles. The van der Waals surface area contributed by atoms with Crippen LogP contribution < -0.4 is 5.32 Å². The number of carbonyl (C=O) groups excluding carboxylic acids is 2. The molecule has 6 nitrogen and oxygen atoms in total. The Morgan fingerprint density at radius 1 is 0.386 bits per heavy atom. The summed E-state index contributed by atoms with van der Waals surface area (Å²) in [5, 5.41) is 23.1. The number of rotatable bonds is 59. The molecule has 0 aliphatic carbocycles. The molecule has 0 saturated carbocycles. The molecule has 2 atom stereocenters. The number of ether oxygens (including phenoxy) is 1. The molecular weight excluding hydrogens is 863 g/mol. The van der Waals surface area contributed by atoms with Crippen LogP contribution in [0.2, 0.25) is 0 Å². The normalized spacial score (nSPS) is 12.7. The van der Waals surface area contributed by atoms with Crippen molar-refractivity contribution in [2.24, 2.45) is 0 Å². The van der Waals surface area contributed by atoms with E-state index in [0.29, 0.717) is 19.4 Å². The largest absolute Gasteiger partial charge is 0.466 e. The van der Waals surface area contributed by atoms with Gasteiger partial charge in [-0.15, -0.1) is 0 Å². The average molecular weight is 987 g/mol. The number of aliphatic hydroxyl groups is 2. The van der Waals surface area contributed by atoms with E-state index in [-0.39, 0.29) is 18.5 Å². The molecule has 0 radical (unpaired) electrons. The van der Waals surface area contributed by atoms with Gasteiger partial charge in [0.1, 0.15) is 0 Å². The molecule has 0 heterocycles. The standard InChI is InChI=1S/C64H123NO5/c1-3-5-7-9-11-13-15-17-19-26-30-34-38-42-46-50-54-58-64(69)70-59-55-51-47-43-39-35-31-28-25-23-21-20-22-24-27-29-33-37-41-45-49-53-57-63(68)65-61(60-66)62(67)56-52-48-44-40-36-32-18-16-14-12-10-8-6-4-2/h17,19,52,56,61-62,66-67H,3-16,18,20-51,53-55,57-60H2,1-2H3,(H,65,68)/b19-17-,56-52+. The molecule has 0 rings (SSSR count). The Morgan fingerprint density at radius 3 is 1.01 bits per heavy atom. The second-order valence-corrected chi connectivity index (χ2v) is 21.7. The number of nitrogens with one attached hydrogen (secondary N) is 1. The third-order valence-electron chi connectivity index (χ3n) is 14.7. The molecule has 0 bridgehead atoms. The summed E-state index contributed by atoms with van der Waals surface area (Å²) in [4.78, 5) is 24.5. The molecule has 70 heavy (non-hydrogen) atoms. The lowest BCUT2D eigenvalue weighted by molar-refractivity contribution is -0.143. The van der Waals surface area contributed by atoms with Gasteiger partial charge in [0.2, 0.25) is 5.91 Å². The minimum atomic E-state index is -0.844. The van der Waals surface area contributed by atoms with Gasteiger partial charge in [-0.25, -0.2) is 0 Å². The van der Waals surface area contributed by atoms with E-state index in [2.05, 4.69) is 31.3 Å². The fraction of sp³-hybridized carbons (Fsp3) is 0.906. The first-order chi connectivity index (χ1) is 34.5. The van der Waals surface area contributed by atoms with E-state index < -0.39 is 12.1 Å². The zero-order valence-electron chi connectivity index (χ0n) is 47.3. The molecule has 0 aliphatic rings. The minimum absolute atomic E-state index is 0.00974. The van der Waals surface area contributed by atoms with Gasteiger partial charge < -0.3 is 20.3 Å². The summed E-state index contributed by atoms with van der Waals surface area (Å²) in [6.45, 7) is 4.91. The zero-order valence-corrected chi connectivity index (χ0v) is 47.3. The maximum atomic E-state index is 12.5. The summed E-state index contributed by atoms with van der Waals surface area (Å²) in [6.07, 6.45) is 73.6. The van der Waals surface area contributed by atoms with Crippen LogP contribution in [0.25, 0.3) is 0 Å². The summed E-state index contributed by atoms with van der Waals surface area (Å²) < 4.78 is 5.49. The molecule has 0 aromatic carbocycles. The van der Waals surface area contributed by atoms with Crippen LogP contribution in [-0.2, 0) is 14.3 Å². The van der Waals surface area contributed by atoms with Gasteiger partial charge in [-0.1, -0.05) is 301 Å². The highest BCUT2D eigenvalue weighted by Crippen LogP contribution is 2.18. The third-order valence-corrected chi connectivity index (χ3v) is 14.7. The van der Waals surface area contributed by atoms with Crippen molar-refractivity contribution in [3.05, 3.63) is 24.3 Å². The maximum Gasteiger partial charge on any atom is 0.305 e. The van der Waals surface area contributed by atoms with Crippen molar-refractivity contribution in [3.8, 4) is 0 Å². The topological polar surface area (TPSA) is 95.9 Å². The molecule has 0 spiro atoms. The average Bonchev–Trinajstić information content (AvgIpc) is 3.36. The van der Waals surface area contributed by atoms with Crippen LogP contribution in [0, 0.1) is 0 Å². The van der Waals surface area contributed by atoms with Crippen molar-refractivity contribution < 1.29 is 24.5 Å². The number of aliphatic hydroxyl groups excluding tert-OH is 2. The lowest BCUT2D eigenvalue weighted by atomic mass is 10.0. The van der Waals surface area contributed by atoms with E-state index in [0.717, 1.165) is 44.9 Å². The summed E-state index contributed by atoms with van der Waals surface area (Å²) in [6, 6.07) is -0.627. The SMILES string of the molecule is CCCCCCCC/C=C\CCCCCCCCCC(=O)OCCCCCCCCCCCCCCCCCCCCCCCCC(=O)NC(CO)C(O)/C=C/CCCCCCCCCCCCCC. The Balaban J connectivity index is 3.38. The number of hydrogen-bond donors (Lipinski definition) is 3. The molecule has 0 fully saturated rings. The van der Waals surface area contributed by atoms with Crippen LogP contribution in [-0.4, -0.2) is 47.4 Å². The van der Waals surface area contributed by atoms with Crippen LogP contribution in [0.4, 0.5) is 0 Å². The van der Waals surface area contributed by atoms with Crippen molar-refractivity contribution >= 4 is 11.9 Å². The Hall–Kier alpha value is -1.66. The molecule has 3 N–H and O–H groups in total. The van der Waals surface area contributed by atoms with E-state index in [1.165, 1.54) is 276 Å². The van der Waals surface area contributed by atoms with Gasteiger partial charge in [0.15, 0.2) is 0 Å². The van der Waals surface area contributed by atoms with Crippen molar-refractivity contribution in [2.45, 2.75) is 360 Å².